The van der Waals surface area contributed by atoms with Crippen molar-refractivity contribution >= 4 is 44.4 Å². The molecule has 2 aromatic carbocycles. The van der Waals surface area contributed by atoms with Crippen molar-refractivity contribution in [3.8, 4) is 5.75 Å². The van der Waals surface area contributed by atoms with Crippen LogP contribution in [0.15, 0.2) is 40.9 Å². The number of carbonyl (C=O) groups excluding carboxylic acids is 1. The van der Waals surface area contributed by atoms with Crippen LogP contribution in [0.2, 0.25) is 0 Å². The summed E-state index contributed by atoms with van der Waals surface area (Å²) in [5, 5.41) is 5.09. The molecule has 0 saturated carbocycles. The van der Waals surface area contributed by atoms with Gasteiger partial charge in [-0.05, 0) is 32.8 Å². The molecule has 1 amide bonds. The highest BCUT2D eigenvalue weighted by atomic mass is 79.9. The standard InChI is InChI=1S/C18H22BrNO2S/c1-18(2,3)23-11-10-20-16(21)12-22-15-9-8-13-6-4-5-7-14(13)17(15)19/h4-9H,10-12H2,1-3H3,(H,20,21). The summed E-state index contributed by atoms with van der Waals surface area (Å²) in [5.41, 5.74) is 0. The number of ether oxygens (including phenoxy) is 1. The number of fused-ring (bicyclic) bond motifs is 1. The van der Waals surface area contributed by atoms with E-state index >= 15 is 0 Å². The zero-order valence-electron chi connectivity index (χ0n) is 13.7. The second-order valence-electron chi connectivity index (χ2n) is 6.20. The minimum atomic E-state index is -0.0976. The zero-order chi connectivity index (χ0) is 16.9. The normalized spacial score (nSPS) is 11.5. The molecule has 0 aliphatic heterocycles. The number of thioether (sulfide) groups is 1. The molecule has 0 bridgehead atoms. The molecular formula is C18H22BrNO2S. The molecule has 0 aromatic heterocycles. The molecule has 124 valence electrons. The van der Waals surface area contributed by atoms with Gasteiger partial charge in [-0.15, -0.1) is 0 Å². The van der Waals surface area contributed by atoms with Crippen molar-refractivity contribution in [3.63, 3.8) is 0 Å². The SMILES string of the molecule is CC(C)(C)SCCNC(=O)COc1ccc2ccccc2c1Br. The molecule has 23 heavy (non-hydrogen) atoms. The first kappa shape index (κ1) is 18.1. The maximum absolute atomic E-state index is 11.9. The lowest BCUT2D eigenvalue weighted by Crippen LogP contribution is -2.31. The highest BCUT2D eigenvalue weighted by Crippen LogP contribution is 2.32. The Morgan fingerprint density at radius 3 is 2.70 bits per heavy atom. The third-order valence-corrected chi connectivity index (χ3v) is 5.24. The van der Waals surface area contributed by atoms with Crippen molar-refractivity contribution in [2.75, 3.05) is 18.9 Å². The lowest BCUT2D eigenvalue weighted by molar-refractivity contribution is -0.122. The molecule has 0 unspecified atom stereocenters. The van der Waals surface area contributed by atoms with Crippen LogP contribution in [0.3, 0.4) is 0 Å². The summed E-state index contributed by atoms with van der Waals surface area (Å²) in [6.07, 6.45) is 0. The van der Waals surface area contributed by atoms with Gasteiger partial charge in [0.1, 0.15) is 5.75 Å². The quantitative estimate of drug-likeness (QED) is 0.724. The maximum atomic E-state index is 11.9. The minimum absolute atomic E-state index is 0.0249. The van der Waals surface area contributed by atoms with E-state index in [0.717, 1.165) is 21.0 Å². The van der Waals surface area contributed by atoms with Crippen LogP contribution in [0.1, 0.15) is 20.8 Å². The van der Waals surface area contributed by atoms with Crippen LogP contribution in [0, 0.1) is 0 Å². The Balaban J connectivity index is 1.84. The van der Waals surface area contributed by atoms with Crippen molar-refractivity contribution < 1.29 is 9.53 Å². The lowest BCUT2D eigenvalue weighted by atomic mass is 10.1. The molecule has 3 nitrogen and oxygen atoms in total. The summed E-state index contributed by atoms with van der Waals surface area (Å²) in [5.74, 6) is 1.48. The second-order valence-corrected chi connectivity index (χ2v) is 8.91. The molecule has 5 heteroatoms. The molecule has 0 aliphatic carbocycles. The van der Waals surface area contributed by atoms with Crippen LogP contribution < -0.4 is 10.1 Å². The number of nitrogens with one attached hydrogen (secondary N) is 1. The number of amides is 1. The lowest BCUT2D eigenvalue weighted by Gasteiger charge is -2.17. The topological polar surface area (TPSA) is 38.3 Å². The average molecular weight is 396 g/mol. The molecule has 0 spiro atoms. The van der Waals surface area contributed by atoms with Gasteiger partial charge in [0.25, 0.3) is 5.91 Å². The summed E-state index contributed by atoms with van der Waals surface area (Å²) in [7, 11) is 0. The molecule has 0 aliphatic rings. The number of rotatable bonds is 6. The van der Waals surface area contributed by atoms with Gasteiger partial charge in [-0.1, -0.05) is 51.1 Å². The Kier molecular flexibility index (Phi) is 6.36. The van der Waals surface area contributed by atoms with E-state index in [-0.39, 0.29) is 17.3 Å². The zero-order valence-corrected chi connectivity index (χ0v) is 16.1. The van der Waals surface area contributed by atoms with Crippen molar-refractivity contribution in [2.24, 2.45) is 0 Å². The number of carbonyl (C=O) groups is 1. The average Bonchev–Trinajstić information content (AvgIpc) is 2.50. The number of halogens is 1. The summed E-state index contributed by atoms with van der Waals surface area (Å²) >= 11 is 5.39. The van der Waals surface area contributed by atoms with Gasteiger partial charge >= 0.3 is 0 Å². The van der Waals surface area contributed by atoms with E-state index in [9.17, 15) is 4.79 Å². The van der Waals surface area contributed by atoms with Gasteiger partial charge in [-0.25, -0.2) is 0 Å². The van der Waals surface area contributed by atoms with Gasteiger partial charge in [0, 0.05) is 17.0 Å². The van der Waals surface area contributed by atoms with Crippen LogP contribution in [0.5, 0.6) is 5.75 Å². The van der Waals surface area contributed by atoms with E-state index in [1.807, 2.05) is 48.2 Å². The van der Waals surface area contributed by atoms with Gasteiger partial charge in [-0.3, -0.25) is 4.79 Å². The van der Waals surface area contributed by atoms with E-state index in [4.69, 9.17) is 4.74 Å². The van der Waals surface area contributed by atoms with E-state index in [0.29, 0.717) is 12.3 Å². The van der Waals surface area contributed by atoms with Crippen molar-refractivity contribution in [3.05, 3.63) is 40.9 Å². The predicted molar refractivity (Wildman–Crippen MR) is 102 cm³/mol. The van der Waals surface area contributed by atoms with Crippen molar-refractivity contribution in [1.29, 1.82) is 0 Å². The molecule has 1 N–H and O–H groups in total. The first-order valence-corrected chi connectivity index (χ1v) is 9.35. The van der Waals surface area contributed by atoms with Gasteiger partial charge < -0.3 is 10.1 Å². The third-order valence-electron chi connectivity index (χ3n) is 3.15. The summed E-state index contributed by atoms with van der Waals surface area (Å²) in [4.78, 5) is 11.9. The number of hydrogen-bond acceptors (Lipinski definition) is 3. The largest absolute Gasteiger partial charge is 0.483 e. The van der Waals surface area contributed by atoms with Gasteiger partial charge in [0.05, 0.1) is 4.47 Å². The highest BCUT2D eigenvalue weighted by molar-refractivity contribution is 9.10. The van der Waals surface area contributed by atoms with Gasteiger partial charge in [0.2, 0.25) is 0 Å². The Labute approximate surface area is 150 Å². The molecular weight excluding hydrogens is 374 g/mol. The van der Waals surface area contributed by atoms with Gasteiger partial charge in [-0.2, -0.15) is 11.8 Å². The van der Waals surface area contributed by atoms with Crippen molar-refractivity contribution in [2.45, 2.75) is 25.5 Å². The molecule has 2 rings (SSSR count). The first-order chi connectivity index (χ1) is 10.9. The van der Waals surface area contributed by atoms with Crippen LogP contribution >= 0.6 is 27.7 Å². The number of benzene rings is 2. The molecule has 0 radical (unpaired) electrons. The van der Waals surface area contributed by atoms with Gasteiger partial charge in [0.15, 0.2) is 6.61 Å². The smallest absolute Gasteiger partial charge is 0.257 e. The fraction of sp³-hybridized carbons (Fsp3) is 0.389. The third kappa shape index (κ3) is 5.74. The Morgan fingerprint density at radius 1 is 1.22 bits per heavy atom. The fourth-order valence-corrected chi connectivity index (χ4v) is 3.49. The van der Waals surface area contributed by atoms with Crippen LogP contribution in [0.25, 0.3) is 10.8 Å². The molecule has 2 aromatic rings. The maximum Gasteiger partial charge on any atom is 0.257 e. The molecule has 0 atom stereocenters. The van der Waals surface area contributed by atoms with Crippen molar-refractivity contribution in [1.82, 2.24) is 5.32 Å². The monoisotopic (exact) mass is 395 g/mol. The first-order valence-electron chi connectivity index (χ1n) is 7.57. The second kappa shape index (κ2) is 8.06. The van der Waals surface area contributed by atoms with Crippen LogP contribution in [-0.4, -0.2) is 29.6 Å². The Bertz CT molecular complexity index is 682. The Morgan fingerprint density at radius 2 is 1.96 bits per heavy atom. The Hall–Kier alpha value is -1.20. The summed E-state index contributed by atoms with van der Waals surface area (Å²) in [6, 6.07) is 11.9. The van der Waals surface area contributed by atoms with Crippen LogP contribution in [-0.2, 0) is 4.79 Å². The van der Waals surface area contributed by atoms with E-state index in [2.05, 4.69) is 42.0 Å². The predicted octanol–water partition coefficient (Wildman–Crippen LogP) is 4.63. The van der Waals surface area contributed by atoms with E-state index in [1.54, 1.807) is 0 Å². The van der Waals surface area contributed by atoms with Crippen LogP contribution in [0.4, 0.5) is 0 Å². The van der Waals surface area contributed by atoms with E-state index < -0.39 is 0 Å². The minimum Gasteiger partial charge on any atom is -0.483 e. The van der Waals surface area contributed by atoms with E-state index in [1.165, 1.54) is 0 Å². The summed E-state index contributed by atoms with van der Waals surface area (Å²) < 4.78 is 6.74. The summed E-state index contributed by atoms with van der Waals surface area (Å²) in [6.45, 7) is 7.18. The molecule has 0 fully saturated rings. The molecule has 0 heterocycles. The fourth-order valence-electron chi connectivity index (χ4n) is 2.07. The molecule has 0 saturated heterocycles. The highest BCUT2D eigenvalue weighted by Gasteiger charge is 2.11. The number of hydrogen-bond donors (Lipinski definition) is 1.